The van der Waals surface area contributed by atoms with Crippen LogP contribution >= 0.6 is 0 Å². The van der Waals surface area contributed by atoms with Gasteiger partial charge < -0.3 is 10.0 Å². The molecule has 0 aliphatic carbocycles. The molecule has 0 bridgehead atoms. The van der Waals surface area contributed by atoms with Crippen LogP contribution in [0.5, 0.6) is 0 Å². The molecule has 1 aliphatic rings. The van der Waals surface area contributed by atoms with Gasteiger partial charge in [-0.15, -0.1) is 0 Å². The number of piperazine rings is 1. The minimum Gasteiger partial charge on any atom is -0.396 e. The lowest BCUT2D eigenvalue weighted by molar-refractivity contribution is 0.0384. The second kappa shape index (κ2) is 8.36. The van der Waals surface area contributed by atoms with E-state index in [4.69, 9.17) is 0 Å². The van der Waals surface area contributed by atoms with Crippen LogP contribution in [0.3, 0.4) is 0 Å². The van der Waals surface area contributed by atoms with E-state index < -0.39 is 0 Å². The van der Waals surface area contributed by atoms with E-state index in [0.29, 0.717) is 24.4 Å². The van der Waals surface area contributed by atoms with Gasteiger partial charge in [-0.3, -0.25) is 14.7 Å². The van der Waals surface area contributed by atoms with Crippen LogP contribution in [0.2, 0.25) is 0 Å². The topological polar surface area (TPSA) is 56.7 Å². The Labute approximate surface area is 162 Å². The number of aliphatic hydroxyl groups excluding tert-OH is 1. The average molecular weight is 370 g/mol. The number of benzene rings is 1. The summed E-state index contributed by atoms with van der Waals surface area (Å²) in [4.78, 5) is 22.2. The van der Waals surface area contributed by atoms with Crippen molar-refractivity contribution >= 4 is 16.8 Å². The molecule has 5 nitrogen and oxygen atoms in total. The molecule has 1 fully saturated rings. The summed E-state index contributed by atoms with van der Waals surface area (Å²) in [5, 5.41) is 10.5. The molecule has 146 valence electrons. The van der Waals surface area contributed by atoms with E-state index >= 15 is 0 Å². The average Bonchev–Trinajstić information content (AvgIpc) is 2.62. The minimum absolute atomic E-state index is 0.0514. The van der Waals surface area contributed by atoms with Gasteiger partial charge in [0.15, 0.2) is 0 Å². The van der Waals surface area contributed by atoms with Crippen molar-refractivity contribution < 1.29 is 9.90 Å². The first kappa shape index (κ1) is 19.8. The fourth-order valence-corrected chi connectivity index (χ4v) is 3.99. The van der Waals surface area contributed by atoms with Gasteiger partial charge in [0.1, 0.15) is 0 Å². The standard InChI is InChI=1S/C22H31N3O2/c1-15(2)13-24-8-9-25(14-19(24)7-10-26)22(27)20-12-18-11-16(3)5-6-21(18)23-17(20)4/h5-6,11-12,15,19,26H,7-10,13-14H2,1-4H3/t19-/m0/s1. The lowest BCUT2D eigenvalue weighted by Crippen LogP contribution is -2.55. The van der Waals surface area contributed by atoms with Gasteiger partial charge in [-0.25, -0.2) is 0 Å². The van der Waals surface area contributed by atoms with E-state index in [1.54, 1.807) is 0 Å². The largest absolute Gasteiger partial charge is 0.396 e. The first-order valence-electron chi connectivity index (χ1n) is 9.91. The molecule has 1 aromatic heterocycles. The molecule has 0 radical (unpaired) electrons. The molecule has 5 heteroatoms. The van der Waals surface area contributed by atoms with Gasteiger partial charge in [-0.05, 0) is 44.4 Å². The highest BCUT2D eigenvalue weighted by atomic mass is 16.3. The predicted octanol–water partition coefficient (Wildman–Crippen LogP) is 3.02. The van der Waals surface area contributed by atoms with E-state index in [9.17, 15) is 9.90 Å². The fourth-order valence-electron chi connectivity index (χ4n) is 3.99. The second-order valence-electron chi connectivity index (χ2n) is 8.12. The zero-order valence-electron chi connectivity index (χ0n) is 16.9. The Kier molecular flexibility index (Phi) is 6.12. The quantitative estimate of drug-likeness (QED) is 0.880. The molecule has 1 saturated heterocycles. The summed E-state index contributed by atoms with van der Waals surface area (Å²) in [5.41, 5.74) is 3.55. The highest BCUT2D eigenvalue weighted by Crippen LogP contribution is 2.22. The fraction of sp³-hybridized carbons (Fsp3) is 0.545. The van der Waals surface area contributed by atoms with Crippen LogP contribution < -0.4 is 0 Å². The summed E-state index contributed by atoms with van der Waals surface area (Å²) in [6, 6.07) is 8.32. The maximum atomic E-state index is 13.2. The molecule has 27 heavy (non-hydrogen) atoms. The molecule has 1 atom stereocenters. The van der Waals surface area contributed by atoms with Crippen LogP contribution in [0, 0.1) is 19.8 Å². The van der Waals surface area contributed by atoms with Crippen LogP contribution in [0.15, 0.2) is 24.3 Å². The molecule has 1 aromatic carbocycles. The normalized spacial score (nSPS) is 18.4. The monoisotopic (exact) mass is 369 g/mol. The third-order valence-electron chi connectivity index (χ3n) is 5.35. The van der Waals surface area contributed by atoms with Gasteiger partial charge in [0.25, 0.3) is 5.91 Å². The number of hydrogen-bond donors (Lipinski definition) is 1. The highest BCUT2D eigenvalue weighted by molar-refractivity contribution is 5.98. The SMILES string of the molecule is Cc1ccc2nc(C)c(C(=O)N3CCN(CC(C)C)[C@@H](CCO)C3)cc2c1. The van der Waals surface area contributed by atoms with Crippen LogP contribution in [-0.4, -0.2) is 64.6 Å². The van der Waals surface area contributed by atoms with Crippen molar-refractivity contribution in [2.24, 2.45) is 5.92 Å². The van der Waals surface area contributed by atoms with Gasteiger partial charge in [0.2, 0.25) is 0 Å². The van der Waals surface area contributed by atoms with Gasteiger partial charge in [-0.1, -0.05) is 25.5 Å². The number of pyridine rings is 1. The number of carbonyl (C=O) groups excluding carboxylic acids is 1. The van der Waals surface area contributed by atoms with Gasteiger partial charge >= 0.3 is 0 Å². The minimum atomic E-state index is 0.0514. The molecular weight excluding hydrogens is 338 g/mol. The first-order valence-corrected chi connectivity index (χ1v) is 9.91. The van der Waals surface area contributed by atoms with Crippen LogP contribution in [0.4, 0.5) is 0 Å². The molecule has 2 heterocycles. The van der Waals surface area contributed by atoms with E-state index in [0.717, 1.165) is 41.8 Å². The summed E-state index contributed by atoms with van der Waals surface area (Å²) in [7, 11) is 0. The van der Waals surface area contributed by atoms with Gasteiger partial charge in [-0.2, -0.15) is 0 Å². The number of aryl methyl sites for hydroxylation is 2. The van der Waals surface area contributed by atoms with E-state index in [2.05, 4.69) is 29.8 Å². The van der Waals surface area contributed by atoms with Crippen molar-refractivity contribution in [2.45, 2.75) is 40.2 Å². The molecule has 0 saturated carbocycles. The number of carbonyl (C=O) groups is 1. The summed E-state index contributed by atoms with van der Waals surface area (Å²) < 4.78 is 0. The summed E-state index contributed by atoms with van der Waals surface area (Å²) in [6.07, 6.45) is 0.699. The summed E-state index contributed by atoms with van der Waals surface area (Å²) in [5.74, 6) is 0.624. The smallest absolute Gasteiger partial charge is 0.255 e. The van der Waals surface area contributed by atoms with Crippen molar-refractivity contribution in [2.75, 3.05) is 32.8 Å². The lowest BCUT2D eigenvalue weighted by Gasteiger charge is -2.42. The molecule has 0 spiro atoms. The number of aliphatic hydroxyl groups is 1. The number of aromatic nitrogens is 1. The maximum absolute atomic E-state index is 13.2. The van der Waals surface area contributed by atoms with Crippen molar-refractivity contribution in [1.82, 2.24) is 14.8 Å². The van der Waals surface area contributed by atoms with Crippen molar-refractivity contribution in [1.29, 1.82) is 0 Å². The zero-order valence-corrected chi connectivity index (χ0v) is 16.9. The highest BCUT2D eigenvalue weighted by Gasteiger charge is 2.30. The molecule has 1 amide bonds. The molecule has 1 N–H and O–H groups in total. The van der Waals surface area contributed by atoms with Gasteiger partial charge in [0.05, 0.1) is 16.8 Å². The van der Waals surface area contributed by atoms with Crippen molar-refractivity contribution in [3.63, 3.8) is 0 Å². The molecule has 3 rings (SSSR count). The Morgan fingerprint density at radius 2 is 2.04 bits per heavy atom. The molecule has 1 aliphatic heterocycles. The predicted molar refractivity (Wildman–Crippen MR) is 109 cm³/mol. The summed E-state index contributed by atoms with van der Waals surface area (Å²) in [6.45, 7) is 11.8. The van der Waals surface area contributed by atoms with Crippen LogP contribution in [0.25, 0.3) is 10.9 Å². The number of fused-ring (bicyclic) bond motifs is 1. The number of amides is 1. The Balaban J connectivity index is 1.83. The summed E-state index contributed by atoms with van der Waals surface area (Å²) >= 11 is 0. The zero-order chi connectivity index (χ0) is 19.6. The Hall–Kier alpha value is -1.98. The Morgan fingerprint density at radius 1 is 1.26 bits per heavy atom. The van der Waals surface area contributed by atoms with Crippen molar-refractivity contribution in [3.8, 4) is 0 Å². The number of rotatable bonds is 5. The maximum Gasteiger partial charge on any atom is 0.255 e. The van der Waals surface area contributed by atoms with Crippen LogP contribution in [-0.2, 0) is 0 Å². The lowest BCUT2D eigenvalue weighted by atomic mass is 10.0. The van der Waals surface area contributed by atoms with E-state index in [-0.39, 0.29) is 18.6 Å². The van der Waals surface area contributed by atoms with E-state index in [1.165, 1.54) is 0 Å². The number of hydrogen-bond acceptors (Lipinski definition) is 4. The number of nitrogens with zero attached hydrogens (tertiary/aromatic N) is 3. The molecular formula is C22H31N3O2. The van der Waals surface area contributed by atoms with Crippen LogP contribution in [0.1, 0.15) is 41.9 Å². The van der Waals surface area contributed by atoms with Gasteiger partial charge in [0, 0.05) is 44.2 Å². The first-order chi connectivity index (χ1) is 12.9. The molecule has 2 aromatic rings. The Bertz CT molecular complexity index is 819. The molecule has 0 unspecified atom stereocenters. The van der Waals surface area contributed by atoms with Crippen molar-refractivity contribution in [3.05, 3.63) is 41.1 Å². The second-order valence-corrected chi connectivity index (χ2v) is 8.12. The third-order valence-corrected chi connectivity index (χ3v) is 5.35. The van der Waals surface area contributed by atoms with E-state index in [1.807, 2.05) is 36.9 Å². The third kappa shape index (κ3) is 4.47. The Morgan fingerprint density at radius 3 is 2.74 bits per heavy atom.